The fraction of sp³-hybridized carbons (Fsp3) is 0.333. The monoisotopic (exact) mass is 275 g/mol. The van der Waals surface area contributed by atoms with E-state index in [9.17, 15) is 4.39 Å². The second kappa shape index (κ2) is 6.96. The quantitative estimate of drug-likeness (QED) is 0.879. The summed E-state index contributed by atoms with van der Waals surface area (Å²) >= 11 is 0. The van der Waals surface area contributed by atoms with E-state index >= 15 is 0 Å². The molecule has 1 aromatic heterocycles. The Bertz CT molecular complexity index is 543. The van der Waals surface area contributed by atoms with Crippen LogP contribution in [0.5, 0.6) is 11.8 Å². The molecule has 0 spiro atoms. The molecule has 2 aromatic rings. The predicted octanol–water partition coefficient (Wildman–Crippen LogP) is 3.15. The number of benzene rings is 1. The molecule has 0 aliphatic rings. The van der Waals surface area contributed by atoms with Gasteiger partial charge in [0.05, 0.1) is 0 Å². The molecule has 0 unspecified atom stereocenters. The second-order valence-corrected chi connectivity index (χ2v) is 4.93. The molecule has 0 bridgehead atoms. The maximum Gasteiger partial charge on any atom is 0.321 e. The molecule has 0 saturated heterocycles. The molecule has 1 heterocycles. The van der Waals surface area contributed by atoms with Gasteiger partial charge in [0, 0.05) is 24.5 Å². The Morgan fingerprint density at radius 1 is 1.20 bits per heavy atom. The number of ether oxygens (including phenoxy) is 1. The Hall–Kier alpha value is -2.01. The number of nitrogens with one attached hydrogen (secondary N) is 1. The largest absolute Gasteiger partial charge is 0.421 e. The molecule has 2 rings (SSSR count). The van der Waals surface area contributed by atoms with Gasteiger partial charge in [0.2, 0.25) is 0 Å². The van der Waals surface area contributed by atoms with E-state index in [2.05, 4.69) is 29.1 Å². The minimum atomic E-state index is -0.432. The van der Waals surface area contributed by atoms with E-state index in [1.807, 2.05) is 0 Å². The Morgan fingerprint density at radius 2 is 1.90 bits per heavy atom. The Kier molecular flexibility index (Phi) is 5.01. The van der Waals surface area contributed by atoms with Gasteiger partial charge in [0.15, 0.2) is 11.6 Å². The van der Waals surface area contributed by atoms with Crippen molar-refractivity contribution in [3.8, 4) is 11.8 Å². The molecule has 0 fully saturated rings. The molecule has 5 heteroatoms. The molecule has 0 aliphatic carbocycles. The van der Waals surface area contributed by atoms with Crippen LogP contribution in [0.15, 0.2) is 36.7 Å². The predicted molar refractivity (Wildman–Crippen MR) is 75.1 cm³/mol. The van der Waals surface area contributed by atoms with Crippen molar-refractivity contribution in [2.75, 3.05) is 6.54 Å². The van der Waals surface area contributed by atoms with Gasteiger partial charge in [-0.05, 0) is 24.6 Å². The molecule has 20 heavy (non-hydrogen) atoms. The highest BCUT2D eigenvalue weighted by Gasteiger charge is 2.05. The van der Waals surface area contributed by atoms with Crippen molar-refractivity contribution in [1.82, 2.24) is 15.3 Å². The van der Waals surface area contributed by atoms with Crippen LogP contribution in [0.1, 0.15) is 19.4 Å². The van der Waals surface area contributed by atoms with Crippen molar-refractivity contribution >= 4 is 0 Å². The van der Waals surface area contributed by atoms with Crippen molar-refractivity contribution in [1.29, 1.82) is 0 Å². The summed E-state index contributed by atoms with van der Waals surface area (Å²) in [5.74, 6) is 0.288. The summed E-state index contributed by atoms with van der Waals surface area (Å²) in [4.78, 5) is 8.15. The zero-order valence-corrected chi connectivity index (χ0v) is 11.6. The van der Waals surface area contributed by atoms with Gasteiger partial charge in [-0.25, -0.2) is 14.4 Å². The Balaban J connectivity index is 1.93. The summed E-state index contributed by atoms with van der Waals surface area (Å²) in [5.41, 5.74) is 0.964. The average Bonchev–Trinajstić information content (AvgIpc) is 2.43. The maximum absolute atomic E-state index is 13.4. The molecule has 0 amide bonds. The smallest absolute Gasteiger partial charge is 0.321 e. The Labute approximate surface area is 118 Å². The fourth-order valence-corrected chi connectivity index (χ4v) is 1.62. The highest BCUT2D eigenvalue weighted by atomic mass is 19.1. The van der Waals surface area contributed by atoms with Crippen LogP contribution in [0, 0.1) is 11.7 Å². The van der Waals surface area contributed by atoms with Gasteiger partial charge in [-0.3, -0.25) is 0 Å². The van der Waals surface area contributed by atoms with Gasteiger partial charge in [-0.1, -0.05) is 26.0 Å². The third-order valence-electron chi connectivity index (χ3n) is 2.60. The lowest BCUT2D eigenvalue weighted by atomic mass is 10.2. The first-order chi connectivity index (χ1) is 9.65. The van der Waals surface area contributed by atoms with E-state index in [0.29, 0.717) is 12.5 Å². The number of hydrogen-bond donors (Lipinski definition) is 1. The molecule has 1 aromatic carbocycles. The zero-order valence-electron chi connectivity index (χ0n) is 11.6. The lowest BCUT2D eigenvalue weighted by Gasteiger charge is -2.08. The lowest BCUT2D eigenvalue weighted by molar-refractivity contribution is 0.410. The van der Waals surface area contributed by atoms with Crippen LogP contribution in [0.3, 0.4) is 0 Å². The summed E-state index contributed by atoms with van der Waals surface area (Å²) in [6.45, 7) is 5.94. The number of halogens is 1. The zero-order chi connectivity index (χ0) is 14.4. The molecule has 106 valence electrons. The molecular weight excluding hydrogens is 257 g/mol. The van der Waals surface area contributed by atoms with E-state index in [1.165, 1.54) is 12.1 Å². The molecule has 0 saturated carbocycles. The number of hydrogen-bond acceptors (Lipinski definition) is 4. The third kappa shape index (κ3) is 4.28. The number of rotatable bonds is 6. The van der Waals surface area contributed by atoms with Crippen LogP contribution < -0.4 is 10.1 Å². The van der Waals surface area contributed by atoms with Crippen molar-refractivity contribution in [3.63, 3.8) is 0 Å². The van der Waals surface area contributed by atoms with Crippen molar-refractivity contribution in [2.45, 2.75) is 20.4 Å². The molecular formula is C15H18FN3O. The summed E-state index contributed by atoms with van der Waals surface area (Å²) in [7, 11) is 0. The van der Waals surface area contributed by atoms with Crippen molar-refractivity contribution in [2.24, 2.45) is 5.92 Å². The Morgan fingerprint density at radius 3 is 2.55 bits per heavy atom. The fourth-order valence-electron chi connectivity index (χ4n) is 1.62. The first-order valence-corrected chi connectivity index (χ1v) is 6.59. The minimum Gasteiger partial charge on any atom is -0.421 e. The molecule has 4 nitrogen and oxygen atoms in total. The molecule has 0 aliphatic heterocycles. The summed E-state index contributed by atoms with van der Waals surface area (Å²) in [5, 5.41) is 3.30. The van der Waals surface area contributed by atoms with Crippen LogP contribution >= 0.6 is 0 Å². The SMILES string of the molecule is CC(C)CNCc1cnc(Oc2ccccc2F)nc1. The maximum atomic E-state index is 13.4. The van der Waals surface area contributed by atoms with Crippen LogP contribution in [0.2, 0.25) is 0 Å². The van der Waals surface area contributed by atoms with Crippen LogP contribution in [0.4, 0.5) is 4.39 Å². The van der Waals surface area contributed by atoms with Gasteiger partial charge < -0.3 is 10.1 Å². The van der Waals surface area contributed by atoms with Crippen LogP contribution in [0.25, 0.3) is 0 Å². The topological polar surface area (TPSA) is 47.0 Å². The van der Waals surface area contributed by atoms with E-state index in [4.69, 9.17) is 4.74 Å². The van der Waals surface area contributed by atoms with Crippen LogP contribution in [-0.2, 0) is 6.54 Å². The first-order valence-electron chi connectivity index (χ1n) is 6.59. The number of para-hydroxylation sites is 1. The van der Waals surface area contributed by atoms with Crippen molar-refractivity contribution in [3.05, 3.63) is 48.0 Å². The van der Waals surface area contributed by atoms with E-state index in [-0.39, 0.29) is 11.8 Å². The summed E-state index contributed by atoms with van der Waals surface area (Å²) in [6.07, 6.45) is 3.35. The molecule has 0 radical (unpaired) electrons. The highest BCUT2D eigenvalue weighted by Crippen LogP contribution is 2.20. The van der Waals surface area contributed by atoms with E-state index in [0.717, 1.165) is 12.1 Å². The normalized spacial score (nSPS) is 10.8. The summed E-state index contributed by atoms with van der Waals surface area (Å²) in [6, 6.07) is 6.31. The van der Waals surface area contributed by atoms with Gasteiger partial charge in [-0.15, -0.1) is 0 Å². The van der Waals surface area contributed by atoms with E-state index < -0.39 is 5.82 Å². The van der Waals surface area contributed by atoms with Gasteiger partial charge in [0.25, 0.3) is 0 Å². The van der Waals surface area contributed by atoms with Crippen LogP contribution in [-0.4, -0.2) is 16.5 Å². The van der Waals surface area contributed by atoms with Gasteiger partial charge in [-0.2, -0.15) is 0 Å². The molecule has 0 atom stereocenters. The number of nitrogens with zero attached hydrogens (tertiary/aromatic N) is 2. The summed E-state index contributed by atoms with van der Waals surface area (Å²) < 4.78 is 18.7. The van der Waals surface area contributed by atoms with Gasteiger partial charge in [0.1, 0.15) is 0 Å². The highest BCUT2D eigenvalue weighted by molar-refractivity contribution is 5.26. The third-order valence-corrected chi connectivity index (χ3v) is 2.60. The second-order valence-electron chi connectivity index (χ2n) is 4.93. The minimum absolute atomic E-state index is 0.123. The average molecular weight is 275 g/mol. The van der Waals surface area contributed by atoms with Crippen molar-refractivity contribution < 1.29 is 9.13 Å². The standard InChI is InChI=1S/C15H18FN3O/c1-11(2)7-17-8-12-9-18-15(19-10-12)20-14-6-4-3-5-13(14)16/h3-6,9-11,17H,7-8H2,1-2H3. The lowest BCUT2D eigenvalue weighted by Crippen LogP contribution is -2.19. The number of aromatic nitrogens is 2. The van der Waals surface area contributed by atoms with Gasteiger partial charge >= 0.3 is 6.01 Å². The molecule has 1 N–H and O–H groups in total. The first kappa shape index (κ1) is 14.4. The van der Waals surface area contributed by atoms with E-state index in [1.54, 1.807) is 24.5 Å².